The number of ketones is 1. The number of carbonyl (C=O) groups excluding carboxylic acids is 1. The Bertz CT molecular complexity index is 762. The second-order valence-corrected chi connectivity index (χ2v) is 5.10. The predicted molar refractivity (Wildman–Crippen MR) is 81.0 cm³/mol. The Labute approximate surface area is 128 Å². The van der Waals surface area contributed by atoms with Crippen molar-refractivity contribution in [2.45, 2.75) is 13.5 Å². The number of aromatic amines is 1. The van der Waals surface area contributed by atoms with Gasteiger partial charge in [-0.25, -0.2) is 4.79 Å². The number of hydrogen-bond acceptors (Lipinski definition) is 4. The van der Waals surface area contributed by atoms with Gasteiger partial charge in [-0.2, -0.15) is 0 Å². The van der Waals surface area contributed by atoms with E-state index < -0.39 is 11.2 Å². The first-order valence-corrected chi connectivity index (χ1v) is 7.06. The summed E-state index contributed by atoms with van der Waals surface area (Å²) >= 11 is 3.02. The van der Waals surface area contributed by atoms with Crippen LogP contribution in [-0.4, -0.2) is 21.9 Å². The molecule has 1 heterocycles. The number of Topliss-reactive ketones (excluding diaryl/α,β-unsaturated/α-hetero) is 1. The highest BCUT2D eigenvalue weighted by molar-refractivity contribution is 9.10. The van der Waals surface area contributed by atoms with Gasteiger partial charge < -0.3 is 4.74 Å². The van der Waals surface area contributed by atoms with Crippen LogP contribution in [0.4, 0.5) is 0 Å². The summed E-state index contributed by atoms with van der Waals surface area (Å²) in [5.41, 5.74) is -0.681. The summed E-state index contributed by atoms with van der Waals surface area (Å²) in [4.78, 5) is 37.1. The maximum absolute atomic E-state index is 12.1. The Morgan fingerprint density at radius 2 is 1.95 bits per heavy atom. The van der Waals surface area contributed by atoms with Gasteiger partial charge in [0.05, 0.1) is 17.6 Å². The molecule has 0 atom stereocenters. The highest BCUT2D eigenvalue weighted by atomic mass is 79.9. The summed E-state index contributed by atoms with van der Waals surface area (Å²) in [5, 5.41) is 0. The molecule has 0 radical (unpaired) electrons. The van der Waals surface area contributed by atoms with Gasteiger partial charge in [0.2, 0.25) is 0 Å². The monoisotopic (exact) mass is 352 g/mol. The third-order valence-corrected chi connectivity index (χ3v) is 3.33. The minimum Gasteiger partial charge on any atom is -0.494 e. The van der Waals surface area contributed by atoms with Gasteiger partial charge in [-0.3, -0.25) is 19.1 Å². The van der Waals surface area contributed by atoms with Crippen LogP contribution in [0.25, 0.3) is 0 Å². The maximum atomic E-state index is 12.1. The second kappa shape index (κ2) is 6.53. The van der Waals surface area contributed by atoms with E-state index in [9.17, 15) is 14.4 Å². The van der Waals surface area contributed by atoms with Crippen molar-refractivity contribution in [2.75, 3.05) is 6.61 Å². The molecule has 0 saturated carbocycles. The van der Waals surface area contributed by atoms with E-state index in [1.807, 2.05) is 6.92 Å². The smallest absolute Gasteiger partial charge is 0.328 e. The first kappa shape index (κ1) is 15.2. The maximum Gasteiger partial charge on any atom is 0.328 e. The van der Waals surface area contributed by atoms with Gasteiger partial charge in [-0.1, -0.05) is 0 Å². The van der Waals surface area contributed by atoms with E-state index in [1.165, 1.54) is 6.20 Å². The second-order valence-electron chi connectivity index (χ2n) is 4.24. The first-order chi connectivity index (χ1) is 10.0. The molecular formula is C14H13BrN2O4. The molecule has 2 rings (SSSR count). The van der Waals surface area contributed by atoms with E-state index in [2.05, 4.69) is 20.9 Å². The molecule has 21 heavy (non-hydrogen) atoms. The fourth-order valence-electron chi connectivity index (χ4n) is 1.75. The van der Waals surface area contributed by atoms with Crippen LogP contribution >= 0.6 is 15.9 Å². The summed E-state index contributed by atoms with van der Waals surface area (Å²) in [5.74, 6) is 0.442. The molecule has 1 N–H and O–H groups in total. The lowest BCUT2D eigenvalue weighted by Gasteiger charge is -2.06. The third-order valence-electron chi connectivity index (χ3n) is 2.77. The summed E-state index contributed by atoms with van der Waals surface area (Å²) < 4.78 is 6.63. The van der Waals surface area contributed by atoms with Gasteiger partial charge in [-0.05, 0) is 47.1 Å². The minimum absolute atomic E-state index is 0.151. The van der Waals surface area contributed by atoms with E-state index in [0.717, 1.165) is 4.57 Å². The van der Waals surface area contributed by atoms with Crippen LogP contribution in [0.5, 0.6) is 5.75 Å². The lowest BCUT2D eigenvalue weighted by atomic mass is 10.1. The van der Waals surface area contributed by atoms with Crippen LogP contribution in [0.1, 0.15) is 17.3 Å². The van der Waals surface area contributed by atoms with Gasteiger partial charge >= 0.3 is 5.69 Å². The van der Waals surface area contributed by atoms with Crippen molar-refractivity contribution in [3.63, 3.8) is 0 Å². The number of ether oxygens (including phenoxy) is 1. The Kier molecular flexibility index (Phi) is 4.74. The molecule has 110 valence electrons. The fraction of sp³-hybridized carbons (Fsp3) is 0.214. The molecule has 0 aliphatic carbocycles. The fourth-order valence-corrected chi connectivity index (χ4v) is 2.10. The quantitative estimate of drug-likeness (QED) is 0.828. The molecule has 0 unspecified atom stereocenters. The largest absolute Gasteiger partial charge is 0.494 e. The van der Waals surface area contributed by atoms with Crippen LogP contribution in [0.3, 0.4) is 0 Å². The topological polar surface area (TPSA) is 81.2 Å². The molecule has 0 aliphatic rings. The Hall–Kier alpha value is -2.15. The number of nitrogens with zero attached hydrogens (tertiary/aromatic N) is 1. The molecule has 1 aromatic carbocycles. The molecule has 0 amide bonds. The molecule has 0 spiro atoms. The molecule has 2 aromatic rings. The Balaban J connectivity index is 2.20. The highest BCUT2D eigenvalue weighted by Crippen LogP contribution is 2.13. The van der Waals surface area contributed by atoms with E-state index in [4.69, 9.17) is 4.74 Å². The number of aromatic nitrogens is 2. The molecule has 0 fully saturated rings. The van der Waals surface area contributed by atoms with Crippen molar-refractivity contribution in [3.8, 4) is 5.75 Å². The van der Waals surface area contributed by atoms with Gasteiger partial charge in [0.25, 0.3) is 5.56 Å². The number of rotatable bonds is 5. The summed E-state index contributed by atoms with van der Waals surface area (Å²) in [7, 11) is 0. The number of hydrogen-bond donors (Lipinski definition) is 1. The number of carbonyl (C=O) groups is 1. The van der Waals surface area contributed by atoms with E-state index in [0.29, 0.717) is 17.9 Å². The minimum atomic E-state index is -0.623. The third kappa shape index (κ3) is 3.69. The average Bonchev–Trinajstić information content (AvgIpc) is 2.46. The highest BCUT2D eigenvalue weighted by Gasteiger charge is 2.10. The van der Waals surface area contributed by atoms with Gasteiger partial charge in [0.15, 0.2) is 5.78 Å². The number of nitrogens with one attached hydrogen (secondary N) is 1. The van der Waals surface area contributed by atoms with Gasteiger partial charge in [0.1, 0.15) is 5.75 Å². The van der Waals surface area contributed by atoms with E-state index in [-0.39, 0.29) is 16.8 Å². The normalized spacial score (nSPS) is 10.4. The lowest BCUT2D eigenvalue weighted by molar-refractivity contribution is 0.0970. The van der Waals surface area contributed by atoms with Crippen molar-refractivity contribution in [2.24, 2.45) is 0 Å². The molecule has 7 heteroatoms. The SMILES string of the molecule is CCOc1ccc(C(=O)Cn2cc(Br)c(=O)[nH]c2=O)cc1. The lowest BCUT2D eigenvalue weighted by Crippen LogP contribution is -2.31. The van der Waals surface area contributed by atoms with Crippen molar-refractivity contribution in [3.05, 3.63) is 61.3 Å². The van der Waals surface area contributed by atoms with E-state index >= 15 is 0 Å². The molecule has 1 aromatic heterocycles. The Morgan fingerprint density at radius 3 is 2.57 bits per heavy atom. The summed E-state index contributed by atoms with van der Waals surface area (Å²) in [6, 6.07) is 6.67. The van der Waals surface area contributed by atoms with Gasteiger partial charge in [-0.15, -0.1) is 0 Å². The van der Waals surface area contributed by atoms with Crippen molar-refractivity contribution < 1.29 is 9.53 Å². The van der Waals surface area contributed by atoms with Crippen molar-refractivity contribution in [1.82, 2.24) is 9.55 Å². The average molecular weight is 353 g/mol. The zero-order valence-electron chi connectivity index (χ0n) is 11.3. The van der Waals surface area contributed by atoms with Crippen LogP contribution in [0.15, 0.2) is 44.5 Å². The van der Waals surface area contributed by atoms with Crippen LogP contribution < -0.4 is 16.0 Å². The van der Waals surface area contributed by atoms with Crippen LogP contribution in [-0.2, 0) is 6.54 Å². The first-order valence-electron chi connectivity index (χ1n) is 6.26. The van der Waals surface area contributed by atoms with Crippen LogP contribution in [0, 0.1) is 0 Å². The van der Waals surface area contributed by atoms with E-state index in [1.54, 1.807) is 24.3 Å². The standard InChI is InChI=1S/C14H13BrN2O4/c1-2-21-10-5-3-9(4-6-10)12(18)8-17-7-11(15)13(19)16-14(17)20/h3-7H,2,8H2,1H3,(H,16,19,20). The zero-order chi connectivity index (χ0) is 15.4. The Morgan fingerprint density at radius 1 is 1.29 bits per heavy atom. The van der Waals surface area contributed by atoms with Crippen LogP contribution in [0.2, 0.25) is 0 Å². The number of halogens is 1. The molecule has 0 aliphatic heterocycles. The van der Waals surface area contributed by atoms with Crippen molar-refractivity contribution in [1.29, 1.82) is 0 Å². The molecular weight excluding hydrogens is 340 g/mol. The summed E-state index contributed by atoms with van der Waals surface area (Å²) in [6.45, 7) is 2.27. The number of benzene rings is 1. The molecule has 6 nitrogen and oxygen atoms in total. The predicted octanol–water partition coefficient (Wildman–Crippen LogP) is 1.58. The van der Waals surface area contributed by atoms with Gasteiger partial charge in [0, 0.05) is 11.8 Å². The van der Waals surface area contributed by atoms with Crippen molar-refractivity contribution >= 4 is 21.7 Å². The molecule has 0 bridgehead atoms. The zero-order valence-corrected chi connectivity index (χ0v) is 12.8. The summed E-state index contributed by atoms with van der Waals surface area (Å²) in [6.07, 6.45) is 1.30. The number of H-pyrrole nitrogens is 1. The molecule has 0 saturated heterocycles.